The lowest BCUT2D eigenvalue weighted by atomic mass is 10.2. The fraction of sp³-hybridized carbons (Fsp3) is 0.250. The summed E-state index contributed by atoms with van der Waals surface area (Å²) in [6, 6.07) is 8.61. The van der Waals surface area contributed by atoms with Crippen molar-refractivity contribution in [3.05, 3.63) is 46.3 Å². The lowest BCUT2D eigenvalue weighted by molar-refractivity contribution is 0.0926. The standard InChI is InChI=1S/C16H17BrN2O4/c1-3-8-22-12-5-4-11(9-14(12)21-2)10-18-19-16(20)13-6-7-15(17)23-13/h4-7,9-10H,3,8H2,1-2H3,(H,19,20)/b18-10+. The maximum absolute atomic E-state index is 11.8. The highest BCUT2D eigenvalue weighted by molar-refractivity contribution is 9.10. The Kier molecular flexibility index (Phi) is 6.22. The van der Waals surface area contributed by atoms with E-state index in [2.05, 4.69) is 26.5 Å². The van der Waals surface area contributed by atoms with Crippen LogP contribution in [0.4, 0.5) is 0 Å². The summed E-state index contributed by atoms with van der Waals surface area (Å²) >= 11 is 3.13. The van der Waals surface area contributed by atoms with Crippen LogP contribution in [0, 0.1) is 0 Å². The van der Waals surface area contributed by atoms with Gasteiger partial charge in [0, 0.05) is 0 Å². The summed E-state index contributed by atoms with van der Waals surface area (Å²) < 4.78 is 16.5. The van der Waals surface area contributed by atoms with E-state index in [-0.39, 0.29) is 5.76 Å². The molecule has 2 rings (SSSR count). The highest BCUT2D eigenvalue weighted by Crippen LogP contribution is 2.27. The first kappa shape index (κ1) is 17.1. The number of carbonyl (C=O) groups is 1. The van der Waals surface area contributed by atoms with E-state index in [9.17, 15) is 4.79 Å². The van der Waals surface area contributed by atoms with Crippen LogP contribution in [-0.4, -0.2) is 25.8 Å². The third-order valence-electron chi connectivity index (χ3n) is 2.83. The zero-order valence-corrected chi connectivity index (χ0v) is 14.4. The van der Waals surface area contributed by atoms with Gasteiger partial charge in [0.2, 0.25) is 0 Å². The van der Waals surface area contributed by atoms with E-state index in [1.54, 1.807) is 31.4 Å². The molecule has 0 bridgehead atoms. The number of amides is 1. The van der Waals surface area contributed by atoms with Gasteiger partial charge < -0.3 is 13.9 Å². The Morgan fingerprint density at radius 2 is 2.17 bits per heavy atom. The van der Waals surface area contributed by atoms with E-state index < -0.39 is 5.91 Å². The van der Waals surface area contributed by atoms with Crippen molar-refractivity contribution in [2.45, 2.75) is 13.3 Å². The minimum absolute atomic E-state index is 0.176. The molecule has 0 radical (unpaired) electrons. The topological polar surface area (TPSA) is 73.1 Å². The molecule has 1 aromatic carbocycles. The van der Waals surface area contributed by atoms with Crippen molar-refractivity contribution in [2.75, 3.05) is 13.7 Å². The average Bonchev–Trinajstić information content (AvgIpc) is 3.00. The number of hydrogen-bond donors (Lipinski definition) is 1. The van der Waals surface area contributed by atoms with Gasteiger partial charge in [-0.25, -0.2) is 5.43 Å². The lowest BCUT2D eigenvalue weighted by Gasteiger charge is -2.10. The fourth-order valence-electron chi connectivity index (χ4n) is 1.75. The first-order chi connectivity index (χ1) is 11.1. The molecule has 1 heterocycles. The molecule has 122 valence electrons. The van der Waals surface area contributed by atoms with E-state index in [1.807, 2.05) is 13.0 Å². The van der Waals surface area contributed by atoms with Crippen molar-refractivity contribution in [1.29, 1.82) is 0 Å². The Labute approximate surface area is 142 Å². The number of nitrogens with zero attached hydrogens (tertiary/aromatic N) is 1. The number of methoxy groups -OCH3 is 1. The predicted molar refractivity (Wildman–Crippen MR) is 90.2 cm³/mol. The molecule has 7 heteroatoms. The van der Waals surface area contributed by atoms with Gasteiger partial charge in [-0.15, -0.1) is 0 Å². The molecule has 0 saturated carbocycles. The monoisotopic (exact) mass is 380 g/mol. The van der Waals surface area contributed by atoms with Crippen molar-refractivity contribution in [2.24, 2.45) is 5.10 Å². The highest BCUT2D eigenvalue weighted by atomic mass is 79.9. The minimum Gasteiger partial charge on any atom is -0.493 e. The quantitative estimate of drug-likeness (QED) is 0.588. The molecule has 23 heavy (non-hydrogen) atoms. The van der Waals surface area contributed by atoms with Crippen LogP contribution in [0.25, 0.3) is 0 Å². The van der Waals surface area contributed by atoms with Crippen LogP contribution in [0.1, 0.15) is 29.5 Å². The van der Waals surface area contributed by atoms with E-state index in [0.29, 0.717) is 22.8 Å². The number of furan rings is 1. The van der Waals surface area contributed by atoms with E-state index in [4.69, 9.17) is 13.9 Å². The molecule has 0 aliphatic carbocycles. The van der Waals surface area contributed by atoms with Crippen LogP contribution in [0.5, 0.6) is 11.5 Å². The molecule has 0 atom stereocenters. The van der Waals surface area contributed by atoms with Gasteiger partial charge in [-0.2, -0.15) is 5.10 Å². The number of ether oxygens (including phenoxy) is 2. The molecule has 0 fully saturated rings. The van der Waals surface area contributed by atoms with Gasteiger partial charge in [-0.05, 0) is 58.2 Å². The Balaban J connectivity index is 2.00. The molecular weight excluding hydrogens is 364 g/mol. The molecule has 1 N–H and O–H groups in total. The number of carbonyl (C=O) groups excluding carboxylic acids is 1. The summed E-state index contributed by atoms with van der Waals surface area (Å²) in [5.74, 6) is 1.04. The zero-order valence-electron chi connectivity index (χ0n) is 12.8. The summed E-state index contributed by atoms with van der Waals surface area (Å²) in [7, 11) is 1.58. The number of halogens is 1. The number of rotatable bonds is 7. The van der Waals surface area contributed by atoms with Crippen LogP contribution in [-0.2, 0) is 0 Å². The van der Waals surface area contributed by atoms with Crippen molar-refractivity contribution in [1.82, 2.24) is 5.43 Å². The van der Waals surface area contributed by atoms with Gasteiger partial charge in [0.05, 0.1) is 19.9 Å². The Morgan fingerprint density at radius 1 is 1.35 bits per heavy atom. The Bertz CT molecular complexity index is 697. The van der Waals surface area contributed by atoms with Gasteiger partial charge in [0.25, 0.3) is 0 Å². The smallest absolute Gasteiger partial charge is 0.307 e. The van der Waals surface area contributed by atoms with E-state index >= 15 is 0 Å². The molecule has 2 aromatic rings. The predicted octanol–water partition coefficient (Wildman–Crippen LogP) is 3.60. The normalized spacial score (nSPS) is 10.7. The van der Waals surface area contributed by atoms with Crippen molar-refractivity contribution >= 4 is 28.1 Å². The molecule has 1 aromatic heterocycles. The summed E-state index contributed by atoms with van der Waals surface area (Å²) in [4.78, 5) is 11.8. The zero-order chi connectivity index (χ0) is 16.7. The Hall–Kier alpha value is -2.28. The SMILES string of the molecule is CCCOc1ccc(/C=N/NC(=O)c2ccc(Br)o2)cc1OC. The van der Waals surface area contributed by atoms with Crippen molar-refractivity contribution in [3.8, 4) is 11.5 Å². The molecule has 0 aliphatic heterocycles. The number of nitrogens with one attached hydrogen (secondary N) is 1. The van der Waals surface area contributed by atoms with Crippen LogP contribution in [0.3, 0.4) is 0 Å². The second-order valence-corrected chi connectivity index (χ2v) is 5.34. The lowest BCUT2D eigenvalue weighted by Crippen LogP contribution is -2.16. The molecule has 0 saturated heterocycles. The van der Waals surface area contributed by atoms with Gasteiger partial charge >= 0.3 is 5.91 Å². The first-order valence-electron chi connectivity index (χ1n) is 7.03. The molecule has 0 spiro atoms. The van der Waals surface area contributed by atoms with E-state index in [0.717, 1.165) is 12.0 Å². The molecule has 0 unspecified atom stereocenters. The van der Waals surface area contributed by atoms with Gasteiger partial charge in [0.15, 0.2) is 21.9 Å². The summed E-state index contributed by atoms with van der Waals surface area (Å²) in [5, 5.41) is 3.90. The third-order valence-corrected chi connectivity index (χ3v) is 3.25. The number of hydrazone groups is 1. The highest BCUT2D eigenvalue weighted by Gasteiger charge is 2.09. The summed E-state index contributed by atoms with van der Waals surface area (Å²) in [6.45, 7) is 2.66. The first-order valence-corrected chi connectivity index (χ1v) is 7.83. The fourth-order valence-corrected chi connectivity index (χ4v) is 2.06. The average molecular weight is 381 g/mol. The minimum atomic E-state index is -0.429. The maximum Gasteiger partial charge on any atom is 0.307 e. The molecule has 0 aliphatic rings. The third kappa shape index (κ3) is 4.85. The van der Waals surface area contributed by atoms with Crippen LogP contribution in [0.2, 0.25) is 0 Å². The number of benzene rings is 1. The van der Waals surface area contributed by atoms with Crippen molar-refractivity contribution in [3.63, 3.8) is 0 Å². The van der Waals surface area contributed by atoms with Crippen LogP contribution in [0.15, 0.2) is 44.5 Å². The largest absolute Gasteiger partial charge is 0.493 e. The number of hydrogen-bond acceptors (Lipinski definition) is 5. The Morgan fingerprint density at radius 3 is 2.83 bits per heavy atom. The van der Waals surface area contributed by atoms with Crippen LogP contribution >= 0.6 is 15.9 Å². The second kappa shape index (κ2) is 8.38. The van der Waals surface area contributed by atoms with Gasteiger partial charge in [0.1, 0.15) is 0 Å². The molecular formula is C16H17BrN2O4. The maximum atomic E-state index is 11.8. The molecule has 1 amide bonds. The second-order valence-electron chi connectivity index (χ2n) is 4.56. The summed E-state index contributed by atoms with van der Waals surface area (Å²) in [5.41, 5.74) is 3.16. The van der Waals surface area contributed by atoms with Gasteiger partial charge in [-0.3, -0.25) is 4.79 Å². The van der Waals surface area contributed by atoms with Gasteiger partial charge in [-0.1, -0.05) is 6.92 Å². The summed E-state index contributed by atoms with van der Waals surface area (Å²) in [6.07, 6.45) is 2.43. The molecule has 6 nitrogen and oxygen atoms in total. The van der Waals surface area contributed by atoms with Crippen molar-refractivity contribution < 1.29 is 18.7 Å². The van der Waals surface area contributed by atoms with Crippen LogP contribution < -0.4 is 14.9 Å². The van der Waals surface area contributed by atoms with E-state index in [1.165, 1.54) is 6.21 Å².